The first-order valence-electron chi connectivity index (χ1n) is 4.97. The van der Waals surface area contributed by atoms with Gasteiger partial charge in [-0.1, -0.05) is 0 Å². The highest BCUT2D eigenvalue weighted by Gasteiger charge is 2.02. The highest BCUT2D eigenvalue weighted by Crippen LogP contribution is 2.22. The first-order chi connectivity index (χ1) is 7.35. The minimum atomic E-state index is 0.623. The molecule has 0 amide bonds. The number of pyridine rings is 1. The minimum absolute atomic E-state index is 0.623. The van der Waals surface area contributed by atoms with Gasteiger partial charge in [0.05, 0.1) is 7.11 Å². The fourth-order valence-corrected chi connectivity index (χ4v) is 1.68. The van der Waals surface area contributed by atoms with Crippen LogP contribution in [-0.2, 0) is 6.42 Å². The lowest BCUT2D eigenvalue weighted by molar-refractivity contribution is 0.415. The van der Waals surface area contributed by atoms with Crippen molar-refractivity contribution in [3.05, 3.63) is 36.2 Å². The molecule has 78 valence electrons. The van der Waals surface area contributed by atoms with Crippen LogP contribution in [0.1, 0.15) is 5.69 Å². The third-order valence-electron chi connectivity index (χ3n) is 2.44. The summed E-state index contributed by atoms with van der Waals surface area (Å²) in [5.41, 5.74) is 6.60. The van der Waals surface area contributed by atoms with E-state index in [1.165, 1.54) is 0 Å². The number of ether oxygens (including phenoxy) is 1. The maximum absolute atomic E-state index is 5.54. The smallest absolute Gasteiger partial charge is 0.119 e. The fraction of sp³-hybridized carbons (Fsp3) is 0.250. The van der Waals surface area contributed by atoms with E-state index in [0.717, 1.165) is 28.6 Å². The van der Waals surface area contributed by atoms with Gasteiger partial charge in [0.15, 0.2) is 0 Å². The highest BCUT2D eigenvalue weighted by molar-refractivity contribution is 5.85. The van der Waals surface area contributed by atoms with Crippen LogP contribution in [0.2, 0.25) is 0 Å². The van der Waals surface area contributed by atoms with Gasteiger partial charge in [0.25, 0.3) is 0 Å². The summed E-state index contributed by atoms with van der Waals surface area (Å²) in [6.45, 7) is 0.623. The standard InChI is InChI=1S/C12H14N2O/c1-15-10-2-3-11-9(8-10)5-7-14-12(11)4-6-13/h2-3,5,7-8H,4,6,13H2,1H3. The van der Waals surface area contributed by atoms with Crippen molar-refractivity contribution in [1.29, 1.82) is 0 Å². The first-order valence-corrected chi connectivity index (χ1v) is 4.97. The van der Waals surface area contributed by atoms with E-state index in [2.05, 4.69) is 4.98 Å². The summed E-state index contributed by atoms with van der Waals surface area (Å²) in [5.74, 6) is 0.868. The van der Waals surface area contributed by atoms with Crippen LogP contribution < -0.4 is 10.5 Å². The predicted molar refractivity (Wildman–Crippen MR) is 61.1 cm³/mol. The first kappa shape index (κ1) is 9.93. The zero-order valence-electron chi connectivity index (χ0n) is 8.73. The number of fused-ring (bicyclic) bond motifs is 1. The zero-order chi connectivity index (χ0) is 10.7. The molecule has 1 aromatic carbocycles. The van der Waals surface area contributed by atoms with E-state index < -0.39 is 0 Å². The molecule has 0 radical (unpaired) electrons. The van der Waals surface area contributed by atoms with Gasteiger partial charge >= 0.3 is 0 Å². The van der Waals surface area contributed by atoms with Gasteiger partial charge in [0, 0.05) is 23.7 Å². The lowest BCUT2D eigenvalue weighted by Crippen LogP contribution is -2.04. The van der Waals surface area contributed by atoms with Crippen molar-refractivity contribution >= 4 is 10.8 Å². The molecule has 1 heterocycles. The van der Waals surface area contributed by atoms with Crippen LogP contribution in [0.5, 0.6) is 5.75 Å². The number of benzene rings is 1. The molecule has 0 saturated carbocycles. The average molecular weight is 202 g/mol. The van der Waals surface area contributed by atoms with E-state index in [0.29, 0.717) is 6.54 Å². The van der Waals surface area contributed by atoms with E-state index >= 15 is 0 Å². The van der Waals surface area contributed by atoms with Crippen molar-refractivity contribution in [1.82, 2.24) is 4.98 Å². The molecule has 2 rings (SSSR count). The van der Waals surface area contributed by atoms with E-state index in [1.54, 1.807) is 7.11 Å². The van der Waals surface area contributed by atoms with Crippen molar-refractivity contribution in [3.63, 3.8) is 0 Å². The molecule has 15 heavy (non-hydrogen) atoms. The van der Waals surface area contributed by atoms with E-state index in [-0.39, 0.29) is 0 Å². The van der Waals surface area contributed by atoms with Crippen LogP contribution in [0.15, 0.2) is 30.5 Å². The van der Waals surface area contributed by atoms with Gasteiger partial charge < -0.3 is 10.5 Å². The Labute approximate surface area is 88.9 Å². The molecule has 0 saturated heterocycles. The SMILES string of the molecule is COc1ccc2c(CCN)nccc2c1. The molecule has 2 aromatic rings. The molecular weight excluding hydrogens is 188 g/mol. The quantitative estimate of drug-likeness (QED) is 0.824. The van der Waals surface area contributed by atoms with Gasteiger partial charge in [-0.15, -0.1) is 0 Å². The minimum Gasteiger partial charge on any atom is -0.497 e. The molecule has 0 aliphatic heterocycles. The van der Waals surface area contributed by atoms with Crippen LogP contribution in [0.25, 0.3) is 10.8 Å². The number of hydrogen-bond acceptors (Lipinski definition) is 3. The normalized spacial score (nSPS) is 10.5. The lowest BCUT2D eigenvalue weighted by Gasteiger charge is -2.06. The Hall–Kier alpha value is -1.61. The Morgan fingerprint density at radius 3 is 2.93 bits per heavy atom. The van der Waals surface area contributed by atoms with Crippen LogP contribution >= 0.6 is 0 Å². The maximum Gasteiger partial charge on any atom is 0.119 e. The Morgan fingerprint density at radius 1 is 1.33 bits per heavy atom. The molecule has 0 aliphatic carbocycles. The number of rotatable bonds is 3. The summed E-state index contributed by atoms with van der Waals surface area (Å²) in [7, 11) is 1.67. The summed E-state index contributed by atoms with van der Waals surface area (Å²) >= 11 is 0. The summed E-state index contributed by atoms with van der Waals surface area (Å²) in [5, 5.41) is 2.30. The Balaban J connectivity index is 2.56. The van der Waals surface area contributed by atoms with Gasteiger partial charge in [-0.2, -0.15) is 0 Å². The van der Waals surface area contributed by atoms with Crippen molar-refractivity contribution in [2.24, 2.45) is 5.73 Å². The van der Waals surface area contributed by atoms with Crippen molar-refractivity contribution in [2.75, 3.05) is 13.7 Å². The van der Waals surface area contributed by atoms with Gasteiger partial charge in [-0.3, -0.25) is 4.98 Å². The molecule has 0 spiro atoms. The van der Waals surface area contributed by atoms with Gasteiger partial charge in [0.1, 0.15) is 5.75 Å². The Bertz CT molecular complexity index is 468. The highest BCUT2D eigenvalue weighted by atomic mass is 16.5. The lowest BCUT2D eigenvalue weighted by atomic mass is 10.1. The van der Waals surface area contributed by atoms with Gasteiger partial charge in [-0.25, -0.2) is 0 Å². The molecule has 0 aliphatic rings. The number of hydrogen-bond donors (Lipinski definition) is 1. The largest absolute Gasteiger partial charge is 0.497 e. The number of methoxy groups -OCH3 is 1. The zero-order valence-corrected chi connectivity index (χ0v) is 8.73. The van der Waals surface area contributed by atoms with Crippen molar-refractivity contribution < 1.29 is 4.74 Å². The molecule has 0 fully saturated rings. The molecule has 2 N–H and O–H groups in total. The number of aromatic nitrogens is 1. The molecule has 3 nitrogen and oxygen atoms in total. The molecular formula is C12H14N2O. The Kier molecular flexibility index (Phi) is 2.83. The van der Waals surface area contributed by atoms with Gasteiger partial charge in [-0.05, 0) is 36.2 Å². The predicted octanol–water partition coefficient (Wildman–Crippen LogP) is 1.74. The molecule has 0 atom stereocenters. The third-order valence-corrected chi connectivity index (χ3v) is 2.44. The van der Waals surface area contributed by atoms with Gasteiger partial charge in [0.2, 0.25) is 0 Å². The molecule has 0 unspecified atom stereocenters. The number of nitrogens with zero attached hydrogens (tertiary/aromatic N) is 1. The van der Waals surface area contributed by atoms with Crippen molar-refractivity contribution in [2.45, 2.75) is 6.42 Å². The summed E-state index contributed by atoms with van der Waals surface area (Å²) in [6, 6.07) is 7.98. The Morgan fingerprint density at radius 2 is 2.20 bits per heavy atom. The summed E-state index contributed by atoms with van der Waals surface area (Å²) in [4.78, 5) is 4.33. The second-order valence-electron chi connectivity index (χ2n) is 3.38. The third kappa shape index (κ3) is 1.92. The van der Waals surface area contributed by atoms with Crippen molar-refractivity contribution in [3.8, 4) is 5.75 Å². The van der Waals surface area contributed by atoms with E-state index in [1.807, 2.05) is 30.5 Å². The van der Waals surface area contributed by atoms with E-state index in [4.69, 9.17) is 10.5 Å². The topological polar surface area (TPSA) is 48.1 Å². The second kappa shape index (κ2) is 4.28. The molecule has 3 heteroatoms. The fourth-order valence-electron chi connectivity index (χ4n) is 1.68. The summed E-state index contributed by atoms with van der Waals surface area (Å²) in [6.07, 6.45) is 2.62. The molecule has 0 bridgehead atoms. The monoisotopic (exact) mass is 202 g/mol. The van der Waals surface area contributed by atoms with Crippen LogP contribution in [-0.4, -0.2) is 18.6 Å². The number of nitrogens with two attached hydrogens (primary N) is 1. The average Bonchev–Trinajstić information content (AvgIpc) is 2.29. The second-order valence-corrected chi connectivity index (χ2v) is 3.38. The van der Waals surface area contributed by atoms with Crippen LogP contribution in [0.3, 0.4) is 0 Å². The van der Waals surface area contributed by atoms with E-state index in [9.17, 15) is 0 Å². The molecule has 1 aromatic heterocycles. The maximum atomic E-state index is 5.54. The van der Waals surface area contributed by atoms with Crippen LogP contribution in [0, 0.1) is 0 Å². The summed E-state index contributed by atoms with van der Waals surface area (Å²) < 4.78 is 5.18. The van der Waals surface area contributed by atoms with Crippen LogP contribution in [0.4, 0.5) is 0 Å².